The van der Waals surface area contributed by atoms with E-state index < -0.39 is 11.9 Å². The molecule has 0 aliphatic heterocycles. The van der Waals surface area contributed by atoms with Crippen molar-refractivity contribution >= 4 is 11.9 Å². The van der Waals surface area contributed by atoms with E-state index in [2.05, 4.69) is 10.1 Å². The molecule has 116 valence electrons. The van der Waals surface area contributed by atoms with Gasteiger partial charge >= 0.3 is 5.97 Å². The van der Waals surface area contributed by atoms with Crippen molar-refractivity contribution in [2.75, 3.05) is 13.7 Å². The van der Waals surface area contributed by atoms with Crippen LogP contribution >= 0.6 is 0 Å². The zero-order valence-corrected chi connectivity index (χ0v) is 12.4. The number of esters is 1. The minimum Gasteiger partial charge on any atom is -0.485 e. The van der Waals surface area contributed by atoms with Crippen LogP contribution in [0.3, 0.4) is 0 Å². The second-order valence-corrected chi connectivity index (χ2v) is 4.58. The van der Waals surface area contributed by atoms with E-state index in [1.54, 1.807) is 6.07 Å². The molecule has 0 atom stereocenters. The van der Waals surface area contributed by atoms with E-state index in [-0.39, 0.29) is 18.9 Å². The molecule has 0 aliphatic rings. The van der Waals surface area contributed by atoms with Crippen molar-refractivity contribution in [1.29, 1.82) is 0 Å². The van der Waals surface area contributed by atoms with Crippen LogP contribution in [-0.4, -0.2) is 25.5 Å². The lowest BCUT2D eigenvalue weighted by Gasteiger charge is -2.06. The largest absolute Gasteiger partial charge is 0.485 e. The lowest BCUT2D eigenvalue weighted by atomic mass is 10.2. The van der Waals surface area contributed by atoms with Crippen LogP contribution in [0.5, 0.6) is 5.75 Å². The molecule has 0 saturated heterocycles. The van der Waals surface area contributed by atoms with Crippen LogP contribution in [0.25, 0.3) is 0 Å². The summed E-state index contributed by atoms with van der Waals surface area (Å²) in [5, 5.41) is 2.40. The fourth-order valence-corrected chi connectivity index (χ4v) is 1.76. The highest BCUT2D eigenvalue weighted by Crippen LogP contribution is 2.18. The van der Waals surface area contributed by atoms with Crippen molar-refractivity contribution in [3.63, 3.8) is 0 Å². The Morgan fingerprint density at radius 3 is 2.68 bits per heavy atom. The summed E-state index contributed by atoms with van der Waals surface area (Å²) in [6.07, 6.45) is 0. The van der Waals surface area contributed by atoms with Crippen molar-refractivity contribution in [2.45, 2.75) is 13.5 Å². The number of methoxy groups -OCH3 is 1. The fourth-order valence-electron chi connectivity index (χ4n) is 1.76. The third-order valence-corrected chi connectivity index (χ3v) is 2.97. The van der Waals surface area contributed by atoms with E-state index in [9.17, 15) is 9.59 Å². The molecule has 0 radical (unpaired) electrons. The van der Waals surface area contributed by atoms with Crippen molar-refractivity contribution < 1.29 is 23.5 Å². The molecule has 0 bridgehead atoms. The number of furan rings is 1. The molecule has 22 heavy (non-hydrogen) atoms. The second kappa shape index (κ2) is 7.31. The van der Waals surface area contributed by atoms with Gasteiger partial charge in [0.2, 0.25) is 0 Å². The molecule has 2 rings (SSSR count). The minimum absolute atomic E-state index is 0.118. The number of ether oxygens (including phenoxy) is 2. The molecule has 0 unspecified atom stereocenters. The van der Waals surface area contributed by atoms with Gasteiger partial charge in [-0.05, 0) is 30.7 Å². The summed E-state index contributed by atoms with van der Waals surface area (Å²) in [5.41, 5.74) is 1.02. The van der Waals surface area contributed by atoms with Gasteiger partial charge in [-0.15, -0.1) is 0 Å². The van der Waals surface area contributed by atoms with Crippen LogP contribution in [0, 0.1) is 6.92 Å². The summed E-state index contributed by atoms with van der Waals surface area (Å²) in [6.45, 7) is 1.96. The summed E-state index contributed by atoms with van der Waals surface area (Å²) in [4.78, 5) is 22.7. The average Bonchev–Trinajstić information content (AvgIpc) is 3.00. The number of carbonyl (C=O) groups is 2. The number of carbonyl (C=O) groups excluding carboxylic acids is 2. The maximum absolute atomic E-state index is 11.8. The number of para-hydroxylation sites is 1. The Bertz CT molecular complexity index is 662. The van der Waals surface area contributed by atoms with E-state index in [1.807, 2.05) is 31.2 Å². The smallest absolute Gasteiger partial charge is 0.325 e. The molecule has 1 heterocycles. The Balaban J connectivity index is 1.90. The first-order chi connectivity index (χ1) is 10.6. The lowest BCUT2D eigenvalue weighted by Crippen LogP contribution is -2.29. The summed E-state index contributed by atoms with van der Waals surface area (Å²) in [7, 11) is 1.25. The maximum atomic E-state index is 11.8. The van der Waals surface area contributed by atoms with Gasteiger partial charge in [0, 0.05) is 0 Å². The van der Waals surface area contributed by atoms with E-state index in [1.165, 1.54) is 13.2 Å². The third kappa shape index (κ3) is 4.12. The predicted octanol–water partition coefficient (Wildman–Crippen LogP) is 2.07. The first kappa shape index (κ1) is 15.6. The number of hydrogen-bond acceptors (Lipinski definition) is 5. The number of amides is 1. The van der Waals surface area contributed by atoms with E-state index in [4.69, 9.17) is 9.15 Å². The van der Waals surface area contributed by atoms with Gasteiger partial charge in [-0.3, -0.25) is 9.59 Å². The highest BCUT2D eigenvalue weighted by molar-refractivity contribution is 5.93. The number of benzene rings is 1. The van der Waals surface area contributed by atoms with Crippen LogP contribution in [-0.2, 0) is 16.1 Å². The zero-order valence-electron chi connectivity index (χ0n) is 12.4. The Hall–Kier alpha value is -2.76. The van der Waals surface area contributed by atoms with Crippen LogP contribution in [0.4, 0.5) is 0 Å². The van der Waals surface area contributed by atoms with E-state index in [0.29, 0.717) is 5.76 Å². The number of hydrogen-bond donors (Lipinski definition) is 1. The van der Waals surface area contributed by atoms with Gasteiger partial charge in [0.1, 0.15) is 24.7 Å². The fraction of sp³-hybridized carbons (Fsp3) is 0.250. The monoisotopic (exact) mass is 303 g/mol. The number of rotatable bonds is 6. The molecule has 0 aliphatic carbocycles. The standard InChI is InChI=1S/C16H17NO5/c1-11-5-3-4-6-13(11)21-10-12-7-8-14(22-12)16(19)17-9-15(18)20-2/h3-8H,9-10H2,1-2H3,(H,17,19). The molecule has 0 fully saturated rings. The molecule has 2 aromatic rings. The summed E-state index contributed by atoms with van der Waals surface area (Å²) in [6, 6.07) is 10.8. The normalized spacial score (nSPS) is 10.1. The molecule has 1 amide bonds. The topological polar surface area (TPSA) is 77.8 Å². The first-order valence-electron chi connectivity index (χ1n) is 6.72. The first-order valence-corrected chi connectivity index (χ1v) is 6.72. The van der Waals surface area contributed by atoms with Gasteiger partial charge in [-0.25, -0.2) is 0 Å². The minimum atomic E-state index is -0.525. The van der Waals surface area contributed by atoms with Crippen LogP contribution < -0.4 is 10.1 Å². The maximum Gasteiger partial charge on any atom is 0.325 e. The molecule has 6 heteroatoms. The molecule has 0 spiro atoms. The van der Waals surface area contributed by atoms with Crippen molar-refractivity contribution in [3.8, 4) is 5.75 Å². The molecule has 0 saturated carbocycles. The molecule has 6 nitrogen and oxygen atoms in total. The van der Waals surface area contributed by atoms with Crippen LogP contribution in [0.2, 0.25) is 0 Å². The van der Waals surface area contributed by atoms with Gasteiger partial charge in [0.25, 0.3) is 5.91 Å². The average molecular weight is 303 g/mol. The molecular formula is C16H17NO5. The third-order valence-electron chi connectivity index (χ3n) is 2.97. The van der Waals surface area contributed by atoms with Crippen molar-refractivity contribution in [2.24, 2.45) is 0 Å². The SMILES string of the molecule is COC(=O)CNC(=O)c1ccc(COc2ccccc2C)o1. The highest BCUT2D eigenvalue weighted by atomic mass is 16.5. The molecular weight excluding hydrogens is 286 g/mol. The molecule has 1 N–H and O–H groups in total. The highest BCUT2D eigenvalue weighted by Gasteiger charge is 2.13. The molecule has 1 aromatic carbocycles. The van der Waals surface area contributed by atoms with Gasteiger partial charge in [-0.1, -0.05) is 18.2 Å². The summed E-state index contributed by atoms with van der Waals surface area (Å²) in [5.74, 6) is 0.393. The summed E-state index contributed by atoms with van der Waals surface area (Å²) >= 11 is 0. The molecule has 1 aromatic heterocycles. The zero-order chi connectivity index (χ0) is 15.9. The van der Waals surface area contributed by atoms with E-state index >= 15 is 0 Å². The second-order valence-electron chi connectivity index (χ2n) is 4.58. The lowest BCUT2D eigenvalue weighted by molar-refractivity contribution is -0.139. The van der Waals surface area contributed by atoms with Crippen molar-refractivity contribution in [3.05, 3.63) is 53.5 Å². The Morgan fingerprint density at radius 1 is 1.18 bits per heavy atom. The van der Waals surface area contributed by atoms with E-state index in [0.717, 1.165) is 11.3 Å². The van der Waals surface area contributed by atoms with Gasteiger partial charge in [0.15, 0.2) is 5.76 Å². The van der Waals surface area contributed by atoms with Crippen LogP contribution in [0.15, 0.2) is 40.8 Å². The Labute approximate surface area is 128 Å². The number of nitrogens with one attached hydrogen (secondary N) is 1. The summed E-state index contributed by atoms with van der Waals surface area (Å²) < 4.78 is 15.5. The Kier molecular flexibility index (Phi) is 5.19. The predicted molar refractivity (Wildman–Crippen MR) is 78.6 cm³/mol. The van der Waals surface area contributed by atoms with Crippen LogP contribution in [0.1, 0.15) is 21.9 Å². The van der Waals surface area contributed by atoms with Gasteiger partial charge in [-0.2, -0.15) is 0 Å². The van der Waals surface area contributed by atoms with Gasteiger partial charge < -0.3 is 19.2 Å². The van der Waals surface area contributed by atoms with Gasteiger partial charge in [0.05, 0.1) is 7.11 Å². The van der Waals surface area contributed by atoms with Crippen molar-refractivity contribution in [1.82, 2.24) is 5.32 Å². The number of aryl methyl sites for hydroxylation is 1. The quantitative estimate of drug-likeness (QED) is 0.827. The Morgan fingerprint density at radius 2 is 1.95 bits per heavy atom.